The molecule has 1 aromatic carbocycles. The Hall–Kier alpha value is -2.43. The first-order valence-corrected chi connectivity index (χ1v) is 8.73. The summed E-state index contributed by atoms with van der Waals surface area (Å²) in [6, 6.07) is 9.84. The van der Waals surface area contributed by atoms with Gasteiger partial charge in [-0.2, -0.15) is 0 Å². The third-order valence-corrected chi connectivity index (χ3v) is 3.60. The van der Waals surface area contributed by atoms with Gasteiger partial charge in [0.25, 0.3) is 0 Å². The minimum absolute atomic E-state index is 0.000846. The summed E-state index contributed by atoms with van der Waals surface area (Å²) in [4.78, 5) is 35.2. The first-order chi connectivity index (χ1) is 12.2. The van der Waals surface area contributed by atoms with Gasteiger partial charge in [-0.05, 0) is 45.1 Å². The number of hydrogen-bond donors (Lipinski definition) is 0. The van der Waals surface area contributed by atoms with Crippen molar-refractivity contribution in [1.82, 2.24) is 0 Å². The molecule has 0 saturated heterocycles. The average molecular weight is 360 g/mol. The summed E-state index contributed by atoms with van der Waals surface area (Å²) in [5.41, 5.74) is 0.516. The first-order valence-electron chi connectivity index (χ1n) is 8.73. The van der Waals surface area contributed by atoms with E-state index in [2.05, 4.69) is 4.74 Å². The summed E-state index contributed by atoms with van der Waals surface area (Å²) >= 11 is 0. The lowest BCUT2D eigenvalue weighted by Gasteiger charge is -2.19. The van der Waals surface area contributed by atoms with Crippen LogP contribution in [0.3, 0.4) is 0 Å². The summed E-state index contributed by atoms with van der Waals surface area (Å²) in [5, 5.41) is 0. The number of ether oxygens (including phenoxy) is 2. The standard InChI is InChI=1S/C21H28O5/c1-21(2,3)26-20(24)15-18(22)12-10-17(11-13-19(23)25-4)14-16-8-6-5-7-9-16/h5-9,11,13,17H,10,12,14-15H2,1-4H3/b13-11-. The van der Waals surface area contributed by atoms with E-state index in [9.17, 15) is 14.4 Å². The quantitative estimate of drug-likeness (QED) is 0.382. The molecule has 0 spiro atoms. The minimum Gasteiger partial charge on any atom is -0.466 e. The van der Waals surface area contributed by atoms with Gasteiger partial charge < -0.3 is 9.47 Å². The zero-order valence-electron chi connectivity index (χ0n) is 16.0. The van der Waals surface area contributed by atoms with Crippen molar-refractivity contribution in [2.45, 2.75) is 52.1 Å². The maximum atomic E-state index is 12.1. The van der Waals surface area contributed by atoms with Crippen molar-refractivity contribution in [2.75, 3.05) is 7.11 Å². The Bertz CT molecular complexity index is 626. The number of benzene rings is 1. The number of carbonyl (C=O) groups excluding carboxylic acids is 3. The Morgan fingerprint density at radius 2 is 1.77 bits per heavy atom. The molecule has 0 bridgehead atoms. The smallest absolute Gasteiger partial charge is 0.330 e. The molecule has 0 heterocycles. The summed E-state index contributed by atoms with van der Waals surface area (Å²) in [5.74, 6) is -1.10. The third-order valence-electron chi connectivity index (χ3n) is 3.60. The zero-order valence-corrected chi connectivity index (χ0v) is 16.0. The SMILES string of the molecule is COC(=O)/C=C\C(CCC(=O)CC(=O)OC(C)(C)C)Cc1ccccc1. The van der Waals surface area contributed by atoms with Crippen LogP contribution in [0.25, 0.3) is 0 Å². The highest BCUT2D eigenvalue weighted by Gasteiger charge is 2.19. The van der Waals surface area contributed by atoms with Gasteiger partial charge in [0.1, 0.15) is 17.8 Å². The first kappa shape index (κ1) is 21.6. The molecule has 0 amide bonds. The molecule has 5 nitrogen and oxygen atoms in total. The van der Waals surface area contributed by atoms with E-state index in [1.165, 1.54) is 13.2 Å². The molecular formula is C21H28O5. The third kappa shape index (κ3) is 9.77. The van der Waals surface area contributed by atoms with E-state index < -0.39 is 17.5 Å². The van der Waals surface area contributed by atoms with Gasteiger partial charge in [-0.1, -0.05) is 36.4 Å². The molecule has 0 aliphatic heterocycles. The van der Waals surface area contributed by atoms with Crippen molar-refractivity contribution in [3.63, 3.8) is 0 Å². The van der Waals surface area contributed by atoms with Gasteiger partial charge in [0.15, 0.2) is 0 Å². The van der Waals surface area contributed by atoms with Gasteiger partial charge in [0.2, 0.25) is 0 Å². The molecule has 1 rings (SSSR count). The highest BCUT2D eigenvalue weighted by molar-refractivity contribution is 5.95. The van der Waals surface area contributed by atoms with Gasteiger partial charge in [0, 0.05) is 12.5 Å². The Balaban J connectivity index is 2.61. The van der Waals surface area contributed by atoms with E-state index >= 15 is 0 Å². The highest BCUT2D eigenvalue weighted by atomic mass is 16.6. The van der Waals surface area contributed by atoms with Crippen LogP contribution in [0.4, 0.5) is 0 Å². The predicted molar refractivity (Wildman–Crippen MR) is 99.5 cm³/mol. The van der Waals surface area contributed by atoms with Crippen molar-refractivity contribution in [3.8, 4) is 0 Å². The molecule has 0 aliphatic carbocycles. The van der Waals surface area contributed by atoms with Crippen LogP contribution in [0.15, 0.2) is 42.5 Å². The van der Waals surface area contributed by atoms with Crippen LogP contribution in [0.2, 0.25) is 0 Å². The monoisotopic (exact) mass is 360 g/mol. The Morgan fingerprint density at radius 3 is 2.35 bits per heavy atom. The topological polar surface area (TPSA) is 69.7 Å². The van der Waals surface area contributed by atoms with E-state index in [1.807, 2.05) is 30.3 Å². The second-order valence-corrected chi connectivity index (χ2v) is 7.17. The number of hydrogen-bond acceptors (Lipinski definition) is 5. The van der Waals surface area contributed by atoms with Crippen molar-refractivity contribution >= 4 is 17.7 Å². The summed E-state index contributed by atoms with van der Waals surface area (Å²) in [7, 11) is 1.32. The van der Waals surface area contributed by atoms with Gasteiger partial charge in [-0.25, -0.2) is 4.79 Å². The zero-order chi connectivity index (χ0) is 19.6. The number of rotatable bonds is 9. The maximum Gasteiger partial charge on any atom is 0.330 e. The Labute approximate surface area is 155 Å². The molecule has 1 unspecified atom stereocenters. The number of Topliss-reactive ketones (excluding diaryl/α,β-unsaturated/α-hetero) is 1. The van der Waals surface area contributed by atoms with E-state index in [4.69, 9.17) is 4.74 Å². The molecule has 0 saturated carbocycles. The summed E-state index contributed by atoms with van der Waals surface area (Å²) in [6.45, 7) is 5.30. The highest BCUT2D eigenvalue weighted by Crippen LogP contribution is 2.17. The fourth-order valence-electron chi connectivity index (χ4n) is 2.44. The molecule has 26 heavy (non-hydrogen) atoms. The summed E-state index contributed by atoms with van der Waals surface area (Å²) in [6.07, 6.45) is 4.42. The van der Waals surface area contributed by atoms with E-state index in [0.29, 0.717) is 12.8 Å². The summed E-state index contributed by atoms with van der Waals surface area (Å²) < 4.78 is 9.79. The average Bonchev–Trinajstić information content (AvgIpc) is 2.56. The van der Waals surface area contributed by atoms with Crippen LogP contribution in [-0.4, -0.2) is 30.4 Å². The van der Waals surface area contributed by atoms with Gasteiger partial charge in [-0.15, -0.1) is 0 Å². The molecule has 1 aromatic rings. The van der Waals surface area contributed by atoms with Crippen molar-refractivity contribution in [3.05, 3.63) is 48.0 Å². The second-order valence-electron chi connectivity index (χ2n) is 7.17. The van der Waals surface area contributed by atoms with E-state index in [0.717, 1.165) is 5.56 Å². The largest absolute Gasteiger partial charge is 0.466 e. The fourth-order valence-corrected chi connectivity index (χ4v) is 2.44. The Kier molecular flexibility index (Phi) is 8.76. The molecule has 0 radical (unpaired) electrons. The molecule has 0 aromatic heterocycles. The number of esters is 2. The van der Waals surface area contributed by atoms with Crippen molar-refractivity contribution < 1.29 is 23.9 Å². The van der Waals surface area contributed by atoms with Crippen LogP contribution in [0.5, 0.6) is 0 Å². The molecule has 0 aliphatic rings. The van der Waals surface area contributed by atoms with Gasteiger partial charge in [-0.3, -0.25) is 9.59 Å². The number of methoxy groups -OCH3 is 1. The molecule has 5 heteroatoms. The lowest BCUT2D eigenvalue weighted by atomic mass is 9.93. The van der Waals surface area contributed by atoms with Crippen LogP contribution in [0.1, 0.15) is 45.6 Å². The number of allylic oxidation sites excluding steroid dienone is 1. The van der Waals surface area contributed by atoms with Crippen LogP contribution >= 0.6 is 0 Å². The molecule has 1 atom stereocenters. The van der Waals surface area contributed by atoms with Crippen molar-refractivity contribution in [1.29, 1.82) is 0 Å². The van der Waals surface area contributed by atoms with Gasteiger partial charge in [0.05, 0.1) is 7.11 Å². The number of ketones is 1. The minimum atomic E-state index is -0.601. The normalized spacial score (nSPS) is 12.6. The van der Waals surface area contributed by atoms with E-state index in [-0.39, 0.29) is 24.5 Å². The number of carbonyl (C=O) groups is 3. The van der Waals surface area contributed by atoms with Crippen LogP contribution in [-0.2, 0) is 30.3 Å². The molecule has 142 valence electrons. The fraction of sp³-hybridized carbons (Fsp3) is 0.476. The Morgan fingerprint density at radius 1 is 1.12 bits per heavy atom. The van der Waals surface area contributed by atoms with Crippen molar-refractivity contribution in [2.24, 2.45) is 5.92 Å². The molecule has 0 N–H and O–H groups in total. The predicted octanol–water partition coefficient (Wildman–Crippen LogP) is 3.66. The second kappa shape index (κ2) is 10.5. The lowest BCUT2D eigenvalue weighted by Crippen LogP contribution is -2.25. The van der Waals surface area contributed by atoms with E-state index in [1.54, 1.807) is 26.8 Å². The van der Waals surface area contributed by atoms with Crippen LogP contribution in [0, 0.1) is 5.92 Å². The molecule has 0 fully saturated rings. The maximum absolute atomic E-state index is 12.1. The van der Waals surface area contributed by atoms with Gasteiger partial charge >= 0.3 is 11.9 Å². The molecular weight excluding hydrogens is 332 g/mol. The van der Waals surface area contributed by atoms with Crippen LogP contribution < -0.4 is 0 Å². The lowest BCUT2D eigenvalue weighted by molar-refractivity contribution is -0.156.